The van der Waals surface area contributed by atoms with Crippen LogP contribution in [0.4, 0.5) is 0 Å². The quantitative estimate of drug-likeness (QED) is 0.243. The van der Waals surface area contributed by atoms with Gasteiger partial charge < -0.3 is 10.1 Å². The number of nitrogens with zero attached hydrogens (tertiary/aromatic N) is 2. The number of sulfonamides is 1. The highest BCUT2D eigenvalue weighted by Gasteiger charge is 2.42. The number of hydrogen-bond acceptors (Lipinski definition) is 7. The summed E-state index contributed by atoms with van der Waals surface area (Å²) >= 11 is 0. The maximum absolute atomic E-state index is 12.7. The molecule has 10 heteroatoms. The summed E-state index contributed by atoms with van der Waals surface area (Å²) in [5.41, 5.74) is 0.213. The number of ether oxygens (including phenoxy) is 1. The van der Waals surface area contributed by atoms with E-state index >= 15 is 0 Å². The highest BCUT2D eigenvalue weighted by molar-refractivity contribution is 7.89. The molecule has 1 aromatic heterocycles. The minimum Gasteiger partial charge on any atom is -0.315 e. The zero-order chi connectivity index (χ0) is 23.2. The molecule has 1 unspecified atom stereocenters. The van der Waals surface area contributed by atoms with Crippen LogP contribution in [0.25, 0.3) is 10.8 Å². The lowest BCUT2D eigenvalue weighted by Crippen LogP contribution is -2.39. The number of aromatic nitrogens is 1. The van der Waals surface area contributed by atoms with E-state index in [0.717, 1.165) is 16.5 Å². The number of nitrogens with one attached hydrogen (secondary N) is 2. The molecule has 1 atom stereocenters. The van der Waals surface area contributed by atoms with E-state index in [1.54, 1.807) is 36.7 Å². The monoisotopic (exact) mass is 458 g/mol. The number of pyridine rings is 1. The van der Waals surface area contributed by atoms with Crippen molar-refractivity contribution in [3.63, 3.8) is 0 Å². The fourth-order valence-corrected chi connectivity index (χ4v) is 4.76. The average Bonchev–Trinajstić information content (AvgIpc) is 2.78. The van der Waals surface area contributed by atoms with E-state index in [4.69, 9.17) is 4.74 Å². The van der Waals surface area contributed by atoms with Crippen LogP contribution >= 0.6 is 0 Å². The van der Waals surface area contributed by atoms with Crippen molar-refractivity contribution < 1.29 is 18.1 Å². The van der Waals surface area contributed by atoms with Crippen molar-refractivity contribution in [1.29, 1.82) is 0 Å². The second-order valence-corrected chi connectivity index (χ2v) is 9.24. The van der Waals surface area contributed by atoms with Crippen LogP contribution in [0, 0.1) is 10.1 Å². The minimum absolute atomic E-state index is 0.144. The Labute approximate surface area is 187 Å². The predicted octanol–water partition coefficient (Wildman–Crippen LogP) is 2.55. The van der Waals surface area contributed by atoms with Gasteiger partial charge in [-0.1, -0.05) is 35.9 Å². The van der Waals surface area contributed by atoms with Crippen LogP contribution in [-0.2, 0) is 14.8 Å². The van der Waals surface area contributed by atoms with Gasteiger partial charge in [0.05, 0.1) is 16.2 Å². The average molecular weight is 459 g/mol. The van der Waals surface area contributed by atoms with Crippen molar-refractivity contribution >= 4 is 20.8 Å². The van der Waals surface area contributed by atoms with E-state index in [-0.39, 0.29) is 17.9 Å². The van der Waals surface area contributed by atoms with Gasteiger partial charge in [0, 0.05) is 56.0 Å². The molecule has 1 aliphatic carbocycles. The Balaban J connectivity index is 1.51. The topological polar surface area (TPSA) is 123 Å². The van der Waals surface area contributed by atoms with Crippen molar-refractivity contribution in [2.24, 2.45) is 0 Å². The first-order chi connectivity index (χ1) is 15.3. The number of nitro groups is 1. The molecule has 1 aliphatic rings. The van der Waals surface area contributed by atoms with E-state index in [1.807, 2.05) is 25.1 Å². The summed E-state index contributed by atoms with van der Waals surface area (Å²) in [5, 5.41) is 15.9. The highest BCUT2D eigenvalue weighted by atomic mass is 32.2. The third-order valence-electron chi connectivity index (χ3n) is 5.15. The smallest absolute Gasteiger partial charge is 0.315 e. The Hall–Kier alpha value is -2.92. The van der Waals surface area contributed by atoms with Crippen molar-refractivity contribution in [2.75, 3.05) is 26.7 Å². The van der Waals surface area contributed by atoms with Crippen LogP contribution in [0.3, 0.4) is 0 Å². The summed E-state index contributed by atoms with van der Waals surface area (Å²) in [6.07, 6.45) is 10.1. The molecule has 0 aliphatic heterocycles. The zero-order valence-electron chi connectivity index (χ0n) is 17.9. The first-order valence-corrected chi connectivity index (χ1v) is 11.5. The van der Waals surface area contributed by atoms with Gasteiger partial charge in [-0.25, -0.2) is 13.1 Å². The van der Waals surface area contributed by atoms with E-state index in [2.05, 4.69) is 15.0 Å². The van der Waals surface area contributed by atoms with Gasteiger partial charge in [-0.3, -0.25) is 15.1 Å². The van der Waals surface area contributed by atoms with E-state index < -0.39 is 20.7 Å². The summed E-state index contributed by atoms with van der Waals surface area (Å²) in [7, 11) is -2.34. The van der Waals surface area contributed by atoms with Gasteiger partial charge in [0.15, 0.2) is 0 Å². The number of rotatable bonds is 10. The predicted molar refractivity (Wildman–Crippen MR) is 122 cm³/mol. The molecule has 0 radical (unpaired) electrons. The standard InChI is InChI=1S/C22H26N4O5S/c1-17(13-18-5-4-9-22(14-18,31-2)26(27)28)15-24-11-12-25-32(29,30)21-7-3-6-19-16-23-10-8-20(19)21/h3-10,13,16,24-25H,11-12,14-15H2,1-2H3. The molecule has 32 heavy (non-hydrogen) atoms. The third-order valence-corrected chi connectivity index (χ3v) is 6.67. The highest BCUT2D eigenvalue weighted by Crippen LogP contribution is 2.28. The maximum Gasteiger partial charge on any atom is 0.348 e. The fourth-order valence-electron chi connectivity index (χ4n) is 3.50. The number of fused-ring (bicyclic) bond motifs is 1. The first-order valence-electron chi connectivity index (χ1n) is 10.1. The molecular formula is C22H26N4O5S. The van der Waals surface area contributed by atoms with Gasteiger partial charge in [-0.05, 0) is 24.6 Å². The molecule has 0 saturated carbocycles. The lowest BCUT2D eigenvalue weighted by atomic mass is 9.96. The van der Waals surface area contributed by atoms with Crippen molar-refractivity contribution in [2.45, 2.75) is 24.0 Å². The Morgan fingerprint density at radius 2 is 2.16 bits per heavy atom. The summed E-state index contributed by atoms with van der Waals surface area (Å²) in [6, 6.07) is 6.76. The molecule has 0 amide bonds. The van der Waals surface area contributed by atoms with Crippen molar-refractivity contribution in [3.05, 3.63) is 82.2 Å². The maximum atomic E-state index is 12.7. The normalized spacial score (nSPS) is 19.2. The molecule has 0 saturated heterocycles. The molecule has 9 nitrogen and oxygen atoms in total. The number of benzene rings is 1. The molecule has 2 N–H and O–H groups in total. The Kier molecular flexibility index (Phi) is 7.52. The molecule has 1 heterocycles. The largest absolute Gasteiger partial charge is 0.348 e. The Bertz CT molecular complexity index is 1180. The van der Waals surface area contributed by atoms with Gasteiger partial charge in [0.25, 0.3) is 0 Å². The number of allylic oxidation sites excluding steroid dienone is 3. The molecule has 1 aromatic carbocycles. The van der Waals surface area contributed by atoms with Gasteiger partial charge in [-0.15, -0.1) is 0 Å². The number of methoxy groups -OCH3 is 1. The Morgan fingerprint density at radius 3 is 2.91 bits per heavy atom. The lowest BCUT2D eigenvalue weighted by molar-refractivity contribution is -0.610. The van der Waals surface area contributed by atoms with Crippen LogP contribution < -0.4 is 10.0 Å². The first kappa shape index (κ1) is 23.7. The van der Waals surface area contributed by atoms with Crippen LogP contribution in [0.5, 0.6) is 0 Å². The van der Waals surface area contributed by atoms with Crippen molar-refractivity contribution in [3.8, 4) is 0 Å². The van der Waals surface area contributed by atoms with E-state index in [1.165, 1.54) is 13.2 Å². The molecule has 2 aromatic rings. The van der Waals surface area contributed by atoms with Gasteiger partial charge >= 0.3 is 5.72 Å². The molecule has 170 valence electrons. The summed E-state index contributed by atoms with van der Waals surface area (Å²) in [6.45, 7) is 3.06. The third kappa shape index (κ3) is 5.46. The second-order valence-electron chi connectivity index (χ2n) is 7.50. The molecule has 0 fully saturated rings. The molecular weight excluding hydrogens is 432 g/mol. The van der Waals surface area contributed by atoms with Crippen LogP contribution in [0.15, 0.2) is 77.0 Å². The van der Waals surface area contributed by atoms with Gasteiger partial charge in [0.1, 0.15) is 0 Å². The van der Waals surface area contributed by atoms with Crippen LogP contribution in [0.2, 0.25) is 0 Å². The minimum atomic E-state index is -3.66. The van der Waals surface area contributed by atoms with Gasteiger partial charge in [-0.2, -0.15) is 0 Å². The van der Waals surface area contributed by atoms with E-state index in [9.17, 15) is 18.5 Å². The summed E-state index contributed by atoms with van der Waals surface area (Å²) in [4.78, 5) is 15.2. The van der Waals surface area contributed by atoms with Crippen LogP contribution in [-0.4, -0.2) is 50.8 Å². The van der Waals surface area contributed by atoms with Gasteiger partial charge in [0.2, 0.25) is 10.0 Å². The molecule has 0 spiro atoms. The second kappa shape index (κ2) is 10.1. The summed E-state index contributed by atoms with van der Waals surface area (Å²) in [5.74, 6) is 0. The zero-order valence-corrected chi connectivity index (χ0v) is 18.8. The molecule has 3 rings (SSSR count). The lowest BCUT2D eigenvalue weighted by Gasteiger charge is -2.23. The van der Waals surface area contributed by atoms with E-state index in [0.29, 0.717) is 18.5 Å². The van der Waals surface area contributed by atoms with Crippen LogP contribution in [0.1, 0.15) is 13.3 Å². The SMILES string of the molecule is COC1([N+](=O)[O-])C=CC=C(C=C(C)CNCCNS(=O)(=O)c2cccc3cnccc23)C1. The number of hydrogen-bond donors (Lipinski definition) is 2. The van der Waals surface area contributed by atoms with Crippen molar-refractivity contribution in [1.82, 2.24) is 15.0 Å². The fraction of sp³-hybridized carbons (Fsp3) is 0.318. The molecule has 0 bridgehead atoms. The summed E-state index contributed by atoms with van der Waals surface area (Å²) < 4.78 is 33.1. The Morgan fingerprint density at radius 1 is 1.34 bits per heavy atom.